The van der Waals surface area contributed by atoms with E-state index in [1.165, 1.54) is 0 Å². The molecule has 0 aromatic carbocycles. The third-order valence-corrected chi connectivity index (χ3v) is 2.77. The summed E-state index contributed by atoms with van der Waals surface area (Å²) in [5.74, 6) is -1.15. The summed E-state index contributed by atoms with van der Waals surface area (Å²) in [5.41, 5.74) is -1.33. The van der Waals surface area contributed by atoms with Crippen molar-refractivity contribution in [2.24, 2.45) is 0 Å². The average Bonchev–Trinajstić information content (AvgIpc) is 2.81. The van der Waals surface area contributed by atoms with Gasteiger partial charge in [0, 0.05) is 12.0 Å². The molecule has 1 aromatic heterocycles. The number of carbonyl (C=O) groups is 2. The lowest BCUT2D eigenvalue weighted by Gasteiger charge is -2.05. The Morgan fingerprint density at radius 1 is 1.42 bits per heavy atom. The first-order valence-corrected chi connectivity index (χ1v) is 5.70. The van der Waals surface area contributed by atoms with E-state index in [1.807, 2.05) is 0 Å². The maximum absolute atomic E-state index is 12.8. The van der Waals surface area contributed by atoms with E-state index in [0.717, 1.165) is 4.68 Å². The summed E-state index contributed by atoms with van der Waals surface area (Å²) < 4.78 is 43.7. The van der Waals surface area contributed by atoms with Gasteiger partial charge in [0.25, 0.3) is 0 Å². The maximum Gasteiger partial charge on any atom is 0.435 e. The Bertz CT molecular complexity index is 534. The molecule has 1 aliphatic rings. The number of Topliss-reactive ketones (excluding diaryl/α,β-unsaturated/α-hetero) is 1. The van der Waals surface area contributed by atoms with Gasteiger partial charge in [-0.15, -0.1) is 0 Å². The number of ether oxygens (including phenoxy) is 1. The molecule has 0 spiro atoms. The highest BCUT2D eigenvalue weighted by atomic mass is 19.4. The first kappa shape index (κ1) is 13.6. The van der Waals surface area contributed by atoms with Crippen molar-refractivity contribution < 1.29 is 27.5 Å². The predicted octanol–water partition coefficient (Wildman–Crippen LogP) is 1.59. The van der Waals surface area contributed by atoms with Crippen molar-refractivity contribution in [3.63, 3.8) is 0 Å². The summed E-state index contributed by atoms with van der Waals surface area (Å²) in [6.45, 7) is 1.21. The van der Waals surface area contributed by atoms with Crippen LogP contribution in [0.5, 0.6) is 0 Å². The van der Waals surface area contributed by atoms with Gasteiger partial charge in [-0.25, -0.2) is 4.68 Å². The van der Waals surface area contributed by atoms with Gasteiger partial charge in [0.05, 0.1) is 6.61 Å². The summed E-state index contributed by atoms with van der Waals surface area (Å²) >= 11 is 0. The molecule has 0 unspecified atom stereocenters. The third kappa shape index (κ3) is 2.47. The number of alkyl halides is 3. The van der Waals surface area contributed by atoms with Crippen molar-refractivity contribution in [1.82, 2.24) is 9.78 Å². The van der Waals surface area contributed by atoms with E-state index in [9.17, 15) is 22.8 Å². The molecule has 1 heterocycles. The van der Waals surface area contributed by atoms with E-state index >= 15 is 0 Å². The van der Waals surface area contributed by atoms with Gasteiger partial charge in [-0.3, -0.25) is 9.59 Å². The lowest BCUT2D eigenvalue weighted by atomic mass is 10.2. The summed E-state index contributed by atoms with van der Waals surface area (Å²) in [5, 5.41) is 3.35. The van der Waals surface area contributed by atoms with Crippen molar-refractivity contribution in [3.05, 3.63) is 17.0 Å². The fraction of sp³-hybridized carbons (Fsp3) is 0.545. The monoisotopic (exact) mass is 276 g/mol. The lowest BCUT2D eigenvalue weighted by molar-refractivity contribution is -0.146. The minimum atomic E-state index is -4.63. The van der Waals surface area contributed by atoms with Crippen LogP contribution in [0.2, 0.25) is 0 Å². The number of halogens is 3. The molecule has 0 saturated carbocycles. The van der Waals surface area contributed by atoms with Crippen molar-refractivity contribution >= 4 is 11.8 Å². The van der Waals surface area contributed by atoms with Crippen LogP contribution < -0.4 is 0 Å². The minimum Gasteiger partial charge on any atom is -0.465 e. The van der Waals surface area contributed by atoms with Crippen LogP contribution in [0.4, 0.5) is 13.2 Å². The van der Waals surface area contributed by atoms with Gasteiger partial charge in [0.1, 0.15) is 12.2 Å². The fourth-order valence-corrected chi connectivity index (χ4v) is 2.08. The quantitative estimate of drug-likeness (QED) is 0.787. The van der Waals surface area contributed by atoms with Gasteiger partial charge >= 0.3 is 12.1 Å². The third-order valence-electron chi connectivity index (χ3n) is 2.77. The van der Waals surface area contributed by atoms with Crippen molar-refractivity contribution in [2.75, 3.05) is 6.61 Å². The molecule has 0 saturated heterocycles. The molecule has 1 aliphatic carbocycles. The topological polar surface area (TPSA) is 61.2 Å². The number of nitrogens with zero attached hydrogens (tertiary/aromatic N) is 2. The zero-order valence-electron chi connectivity index (χ0n) is 10.1. The van der Waals surface area contributed by atoms with E-state index in [2.05, 4.69) is 9.84 Å². The maximum atomic E-state index is 12.8. The number of hydrogen-bond donors (Lipinski definition) is 0. The Hall–Kier alpha value is -1.86. The minimum absolute atomic E-state index is 0.00579. The van der Waals surface area contributed by atoms with Crippen LogP contribution in [0.1, 0.15) is 35.1 Å². The number of hydrogen-bond acceptors (Lipinski definition) is 4. The van der Waals surface area contributed by atoms with Crippen LogP contribution in [-0.2, 0) is 28.7 Å². The van der Waals surface area contributed by atoms with Crippen LogP contribution in [0.3, 0.4) is 0 Å². The van der Waals surface area contributed by atoms with Crippen LogP contribution in [0.15, 0.2) is 0 Å². The van der Waals surface area contributed by atoms with Crippen LogP contribution >= 0.6 is 0 Å². The molecule has 0 atom stereocenters. The zero-order valence-corrected chi connectivity index (χ0v) is 10.1. The Kier molecular flexibility index (Phi) is 3.34. The molecule has 5 nitrogen and oxygen atoms in total. The molecule has 104 valence electrons. The van der Waals surface area contributed by atoms with Gasteiger partial charge in [-0.2, -0.15) is 18.3 Å². The molecule has 0 bridgehead atoms. The summed E-state index contributed by atoms with van der Waals surface area (Å²) in [6, 6.07) is 0. The molecule has 0 radical (unpaired) electrons. The number of carbonyl (C=O) groups excluding carboxylic acids is 2. The van der Waals surface area contributed by atoms with E-state index in [-0.39, 0.29) is 30.7 Å². The van der Waals surface area contributed by atoms with E-state index < -0.39 is 30.2 Å². The summed E-state index contributed by atoms with van der Waals surface area (Å²) in [7, 11) is 0. The predicted molar refractivity (Wildman–Crippen MR) is 56.5 cm³/mol. The smallest absolute Gasteiger partial charge is 0.435 e. The van der Waals surface area contributed by atoms with Crippen LogP contribution in [0, 0.1) is 0 Å². The fourth-order valence-electron chi connectivity index (χ4n) is 2.08. The molecule has 0 amide bonds. The first-order valence-electron chi connectivity index (χ1n) is 5.70. The van der Waals surface area contributed by atoms with Crippen LogP contribution in [-0.4, -0.2) is 28.1 Å². The Balaban J connectivity index is 2.40. The molecule has 1 aromatic rings. The molecule has 19 heavy (non-hydrogen) atoms. The first-order chi connectivity index (χ1) is 8.84. The normalized spacial score (nSPS) is 14.6. The highest BCUT2D eigenvalue weighted by Gasteiger charge is 2.42. The molecule has 0 aliphatic heterocycles. The highest BCUT2D eigenvalue weighted by Crippen LogP contribution is 2.36. The van der Waals surface area contributed by atoms with E-state index in [4.69, 9.17) is 0 Å². The van der Waals surface area contributed by atoms with E-state index in [0.29, 0.717) is 0 Å². The second kappa shape index (κ2) is 4.67. The Morgan fingerprint density at radius 3 is 2.68 bits per heavy atom. The van der Waals surface area contributed by atoms with Crippen molar-refractivity contribution in [1.29, 1.82) is 0 Å². The van der Waals surface area contributed by atoms with Gasteiger partial charge in [-0.1, -0.05) is 0 Å². The van der Waals surface area contributed by atoms with Crippen molar-refractivity contribution in [2.45, 2.75) is 32.5 Å². The van der Waals surface area contributed by atoms with Crippen molar-refractivity contribution in [3.8, 4) is 0 Å². The lowest BCUT2D eigenvalue weighted by Crippen LogP contribution is -2.18. The highest BCUT2D eigenvalue weighted by molar-refractivity contribution is 5.99. The molecular weight excluding hydrogens is 265 g/mol. The number of ketones is 1. The Morgan fingerprint density at radius 2 is 2.11 bits per heavy atom. The van der Waals surface area contributed by atoms with Gasteiger partial charge in [0.15, 0.2) is 11.5 Å². The second-order valence-corrected chi connectivity index (χ2v) is 4.06. The van der Waals surface area contributed by atoms with Gasteiger partial charge < -0.3 is 4.74 Å². The molecular formula is C11H11F3N2O3. The summed E-state index contributed by atoms with van der Waals surface area (Å²) in [6.07, 6.45) is -4.61. The van der Waals surface area contributed by atoms with E-state index in [1.54, 1.807) is 6.92 Å². The van der Waals surface area contributed by atoms with Gasteiger partial charge in [0.2, 0.25) is 0 Å². The zero-order chi connectivity index (χ0) is 14.2. The molecule has 0 fully saturated rings. The molecule has 2 rings (SSSR count). The SMILES string of the molecule is CCOC(=O)Cn1nc(C(F)(F)F)c2c1C(=O)CC2. The number of fused-ring (bicyclic) bond motifs is 1. The largest absolute Gasteiger partial charge is 0.465 e. The summed E-state index contributed by atoms with van der Waals surface area (Å²) in [4.78, 5) is 22.9. The van der Waals surface area contributed by atoms with Crippen LogP contribution in [0.25, 0.3) is 0 Å². The molecule has 8 heteroatoms. The number of esters is 1. The standard InChI is InChI=1S/C11H11F3N2O3/c1-2-19-8(18)5-16-9-6(3-4-7(9)17)10(15-16)11(12,13)14/h2-5H2,1H3. The van der Waals surface area contributed by atoms with Gasteiger partial charge in [-0.05, 0) is 13.3 Å². The average molecular weight is 276 g/mol. The second-order valence-electron chi connectivity index (χ2n) is 4.06. The Labute approximate surface area is 106 Å². The number of aromatic nitrogens is 2. The molecule has 0 N–H and O–H groups in total. The number of rotatable bonds is 3.